The molecular weight excluding hydrogens is 408 g/mol. The maximum atomic E-state index is 12.5. The number of ether oxygens (including phenoxy) is 2. The second-order valence-corrected chi connectivity index (χ2v) is 9.70. The number of carbonyl (C=O) groups is 2. The van der Waals surface area contributed by atoms with Crippen LogP contribution >= 0.6 is 0 Å². The molecule has 2 N–H and O–H groups in total. The number of amides is 2. The van der Waals surface area contributed by atoms with Crippen LogP contribution in [0.15, 0.2) is 42.7 Å². The van der Waals surface area contributed by atoms with E-state index >= 15 is 0 Å². The van der Waals surface area contributed by atoms with Crippen molar-refractivity contribution in [3.05, 3.63) is 53.8 Å². The third-order valence-electron chi connectivity index (χ3n) is 4.72. The summed E-state index contributed by atoms with van der Waals surface area (Å²) >= 11 is 0. The number of nitrogens with zero attached hydrogens (tertiary/aromatic N) is 1. The SMILES string of the molecule is CN(C(=O)OC(C)(C)C)c1ccc2c(c1)/C(=C/O)c1cc(NC(=O)OC(C)(C)C)ccc1-2. The Morgan fingerprint density at radius 1 is 0.875 bits per heavy atom. The summed E-state index contributed by atoms with van der Waals surface area (Å²) in [7, 11) is 1.64. The van der Waals surface area contributed by atoms with E-state index in [1.165, 1.54) is 4.90 Å². The van der Waals surface area contributed by atoms with E-state index in [1.54, 1.807) is 40.0 Å². The average Bonchev–Trinajstić information content (AvgIpc) is 2.96. The number of benzene rings is 2. The van der Waals surface area contributed by atoms with Crippen LogP contribution in [-0.4, -0.2) is 35.5 Å². The summed E-state index contributed by atoms with van der Waals surface area (Å²) in [6.07, 6.45) is 0.0224. The van der Waals surface area contributed by atoms with Gasteiger partial charge < -0.3 is 14.6 Å². The van der Waals surface area contributed by atoms with Crippen molar-refractivity contribution in [3.63, 3.8) is 0 Å². The predicted octanol–water partition coefficient (Wildman–Crippen LogP) is 6.33. The molecule has 3 rings (SSSR count). The summed E-state index contributed by atoms with van der Waals surface area (Å²) in [6, 6.07) is 11.0. The second kappa shape index (κ2) is 8.22. The summed E-state index contributed by atoms with van der Waals surface area (Å²) in [5.41, 5.74) is 3.97. The lowest BCUT2D eigenvalue weighted by atomic mass is 10.0. The summed E-state index contributed by atoms with van der Waals surface area (Å²) in [5.74, 6) is 0. The molecule has 7 heteroatoms. The molecule has 0 heterocycles. The van der Waals surface area contributed by atoms with E-state index in [-0.39, 0.29) is 0 Å². The van der Waals surface area contributed by atoms with Crippen molar-refractivity contribution in [1.82, 2.24) is 0 Å². The van der Waals surface area contributed by atoms with Gasteiger partial charge in [0.25, 0.3) is 0 Å². The number of hydrogen-bond donors (Lipinski definition) is 2. The van der Waals surface area contributed by atoms with Crippen molar-refractivity contribution >= 4 is 29.1 Å². The van der Waals surface area contributed by atoms with Gasteiger partial charge in [-0.3, -0.25) is 10.2 Å². The molecule has 32 heavy (non-hydrogen) atoms. The van der Waals surface area contributed by atoms with Crippen LogP contribution in [0.5, 0.6) is 0 Å². The molecular formula is C25H30N2O5. The van der Waals surface area contributed by atoms with Crippen LogP contribution in [-0.2, 0) is 9.47 Å². The molecule has 0 unspecified atom stereocenters. The van der Waals surface area contributed by atoms with Crippen LogP contribution in [0.4, 0.5) is 21.0 Å². The van der Waals surface area contributed by atoms with Crippen LogP contribution in [0.25, 0.3) is 16.7 Å². The quantitative estimate of drug-likeness (QED) is 0.456. The fourth-order valence-corrected chi connectivity index (χ4v) is 3.42. The van der Waals surface area contributed by atoms with Gasteiger partial charge in [-0.05, 0) is 88.1 Å². The van der Waals surface area contributed by atoms with Crippen molar-refractivity contribution in [3.8, 4) is 11.1 Å². The number of hydrogen-bond acceptors (Lipinski definition) is 5. The smallest absolute Gasteiger partial charge is 0.414 e. The molecule has 7 nitrogen and oxygen atoms in total. The van der Waals surface area contributed by atoms with E-state index in [2.05, 4.69) is 5.32 Å². The molecule has 2 amide bonds. The Morgan fingerprint density at radius 2 is 1.44 bits per heavy atom. The van der Waals surface area contributed by atoms with Gasteiger partial charge in [-0.1, -0.05) is 12.1 Å². The Labute approximate surface area is 188 Å². The molecule has 0 atom stereocenters. The standard InChI is InChI=1S/C25H30N2O5/c1-24(2,3)31-22(29)26-15-8-10-17-18-11-9-16(27(7)23(30)32-25(4,5)6)13-20(18)21(14-28)19(17)12-15/h8-14,28H,1-7H3,(H,26,29)/b21-14+. The largest absolute Gasteiger partial charge is 0.515 e. The van der Waals surface area contributed by atoms with Gasteiger partial charge >= 0.3 is 12.2 Å². The first-order valence-corrected chi connectivity index (χ1v) is 10.4. The number of aliphatic hydroxyl groups excluding tert-OH is 1. The predicted molar refractivity (Wildman–Crippen MR) is 126 cm³/mol. The maximum Gasteiger partial charge on any atom is 0.414 e. The van der Waals surface area contributed by atoms with E-state index in [1.807, 2.05) is 45.0 Å². The maximum absolute atomic E-state index is 12.5. The van der Waals surface area contributed by atoms with Gasteiger partial charge in [0.15, 0.2) is 0 Å². The topological polar surface area (TPSA) is 88.1 Å². The molecule has 170 valence electrons. The summed E-state index contributed by atoms with van der Waals surface area (Å²) < 4.78 is 10.8. The molecule has 2 aromatic rings. The van der Waals surface area contributed by atoms with Crippen molar-refractivity contribution in [2.24, 2.45) is 0 Å². The molecule has 0 fully saturated rings. The lowest BCUT2D eigenvalue weighted by Crippen LogP contribution is -2.34. The van der Waals surface area contributed by atoms with Crippen LogP contribution in [0.1, 0.15) is 52.7 Å². The van der Waals surface area contributed by atoms with E-state index in [0.717, 1.165) is 28.5 Å². The van der Waals surface area contributed by atoms with Crippen LogP contribution in [0.3, 0.4) is 0 Å². The van der Waals surface area contributed by atoms with Gasteiger partial charge in [0.05, 0.1) is 6.26 Å². The Bertz CT molecular complexity index is 1090. The molecule has 0 saturated heterocycles. The summed E-state index contributed by atoms with van der Waals surface area (Å²) in [6.45, 7) is 10.8. The zero-order chi connectivity index (χ0) is 23.8. The Hall–Kier alpha value is -3.48. The monoisotopic (exact) mass is 438 g/mol. The molecule has 2 aromatic carbocycles. The highest BCUT2D eigenvalue weighted by Crippen LogP contribution is 2.46. The summed E-state index contributed by atoms with van der Waals surface area (Å²) in [5, 5.41) is 12.7. The molecule has 1 aliphatic rings. The third kappa shape index (κ3) is 5.04. The molecule has 0 aliphatic heterocycles. The van der Waals surface area contributed by atoms with Gasteiger partial charge in [-0.25, -0.2) is 9.59 Å². The minimum absolute atomic E-state index is 0.466. The Morgan fingerprint density at radius 3 is 2.00 bits per heavy atom. The van der Waals surface area contributed by atoms with Gasteiger partial charge in [-0.2, -0.15) is 0 Å². The number of nitrogens with one attached hydrogen (secondary N) is 1. The highest BCUT2D eigenvalue weighted by atomic mass is 16.6. The molecule has 0 spiro atoms. The van der Waals surface area contributed by atoms with Crippen LogP contribution in [0.2, 0.25) is 0 Å². The Balaban J connectivity index is 1.90. The minimum Gasteiger partial charge on any atom is -0.515 e. The number of carbonyl (C=O) groups excluding carboxylic acids is 2. The van der Waals surface area contributed by atoms with E-state index in [4.69, 9.17) is 9.47 Å². The Kier molecular flexibility index (Phi) is 5.96. The molecule has 1 aliphatic carbocycles. The highest BCUT2D eigenvalue weighted by molar-refractivity contribution is 6.03. The fourth-order valence-electron chi connectivity index (χ4n) is 3.42. The number of anilines is 2. The first kappa shape index (κ1) is 23.2. The lowest BCUT2D eigenvalue weighted by Gasteiger charge is -2.25. The first-order valence-electron chi connectivity index (χ1n) is 10.4. The van der Waals surface area contributed by atoms with Gasteiger partial charge in [-0.15, -0.1) is 0 Å². The van der Waals surface area contributed by atoms with Crippen molar-refractivity contribution < 1.29 is 24.2 Å². The molecule has 0 aromatic heterocycles. The molecule has 0 radical (unpaired) electrons. The zero-order valence-corrected chi connectivity index (χ0v) is 19.6. The van der Waals surface area contributed by atoms with E-state index in [9.17, 15) is 14.7 Å². The van der Waals surface area contributed by atoms with E-state index in [0.29, 0.717) is 16.9 Å². The highest BCUT2D eigenvalue weighted by Gasteiger charge is 2.27. The van der Waals surface area contributed by atoms with Crippen molar-refractivity contribution in [2.75, 3.05) is 17.3 Å². The van der Waals surface area contributed by atoms with Crippen LogP contribution in [0, 0.1) is 0 Å². The average molecular weight is 439 g/mol. The van der Waals surface area contributed by atoms with Crippen molar-refractivity contribution in [2.45, 2.75) is 52.7 Å². The minimum atomic E-state index is -0.607. The van der Waals surface area contributed by atoms with E-state index < -0.39 is 23.4 Å². The van der Waals surface area contributed by atoms with Gasteiger partial charge in [0.2, 0.25) is 0 Å². The van der Waals surface area contributed by atoms with Crippen molar-refractivity contribution in [1.29, 1.82) is 0 Å². The normalized spacial score (nSPS) is 13.9. The summed E-state index contributed by atoms with van der Waals surface area (Å²) in [4.78, 5) is 26.0. The molecule has 0 bridgehead atoms. The molecule has 0 saturated carbocycles. The van der Waals surface area contributed by atoms with Gasteiger partial charge in [0.1, 0.15) is 11.2 Å². The third-order valence-corrected chi connectivity index (χ3v) is 4.72. The fraction of sp³-hybridized carbons (Fsp3) is 0.360. The lowest BCUT2D eigenvalue weighted by molar-refractivity contribution is 0.0587. The van der Waals surface area contributed by atoms with Crippen LogP contribution < -0.4 is 10.2 Å². The second-order valence-electron chi connectivity index (χ2n) is 9.70. The zero-order valence-electron chi connectivity index (χ0n) is 19.6. The number of rotatable bonds is 2. The number of aliphatic hydroxyl groups is 1. The van der Waals surface area contributed by atoms with Gasteiger partial charge in [0, 0.05) is 24.0 Å². The first-order chi connectivity index (χ1) is 14.8. The number of fused-ring (bicyclic) bond motifs is 3.